The molecule has 1 aliphatic carbocycles. The van der Waals surface area contributed by atoms with Crippen LogP contribution in [0.1, 0.15) is 32.1 Å². The number of nitrogens with one attached hydrogen (secondary N) is 1. The fourth-order valence-corrected chi connectivity index (χ4v) is 4.81. The fraction of sp³-hybridized carbons (Fsp3) is 0.933. The zero-order chi connectivity index (χ0) is 17.7. The average Bonchev–Trinajstić information content (AvgIpc) is 2.56. The van der Waals surface area contributed by atoms with Crippen molar-refractivity contribution < 1.29 is 35.1 Å². The summed E-state index contributed by atoms with van der Waals surface area (Å²) in [5.74, 6) is -0.851. The van der Waals surface area contributed by atoms with Crippen LogP contribution in [0, 0.1) is 0 Å². The van der Waals surface area contributed by atoms with Gasteiger partial charge in [0, 0.05) is 17.8 Å². The Balaban J connectivity index is 1.94. The van der Waals surface area contributed by atoms with Crippen LogP contribution in [0.15, 0.2) is 0 Å². The number of aliphatic hydroxyl groups excluding tert-OH is 4. The number of hydrogen-bond donors (Lipinski definition) is 6. The average molecular weight is 365 g/mol. The lowest BCUT2D eigenvalue weighted by Crippen LogP contribution is -2.58. The maximum atomic E-state index is 10.6. The van der Waals surface area contributed by atoms with Gasteiger partial charge >= 0.3 is 5.97 Å². The molecular weight excluding hydrogens is 338 g/mol. The van der Waals surface area contributed by atoms with Gasteiger partial charge in [-0.05, 0) is 12.8 Å². The second kappa shape index (κ2) is 9.33. The maximum Gasteiger partial charge on any atom is 0.304 e. The van der Waals surface area contributed by atoms with Crippen molar-refractivity contribution in [3.63, 3.8) is 0 Å². The Morgan fingerprint density at radius 2 is 1.83 bits per heavy atom. The summed E-state index contributed by atoms with van der Waals surface area (Å²) < 4.78 is 5.56. The van der Waals surface area contributed by atoms with Crippen LogP contribution in [0.25, 0.3) is 0 Å². The van der Waals surface area contributed by atoms with Crippen molar-refractivity contribution in [1.82, 2.24) is 5.32 Å². The van der Waals surface area contributed by atoms with Gasteiger partial charge in [-0.25, -0.2) is 0 Å². The molecule has 0 aromatic heterocycles. The van der Waals surface area contributed by atoms with Crippen molar-refractivity contribution in [2.45, 2.75) is 73.2 Å². The van der Waals surface area contributed by atoms with Crippen LogP contribution in [0.3, 0.4) is 0 Å². The molecule has 1 aliphatic heterocycles. The second-order valence-electron chi connectivity index (χ2n) is 6.36. The molecule has 24 heavy (non-hydrogen) atoms. The molecule has 2 rings (SSSR count). The van der Waals surface area contributed by atoms with E-state index in [1.165, 1.54) is 11.8 Å². The van der Waals surface area contributed by atoms with E-state index >= 15 is 0 Å². The van der Waals surface area contributed by atoms with E-state index in [0.717, 1.165) is 25.7 Å². The summed E-state index contributed by atoms with van der Waals surface area (Å²) >= 11 is 1.38. The Hall–Kier alpha value is -0.420. The first-order valence-electron chi connectivity index (χ1n) is 8.35. The monoisotopic (exact) mass is 365 g/mol. The minimum absolute atomic E-state index is 0.0495. The van der Waals surface area contributed by atoms with Gasteiger partial charge in [0.1, 0.15) is 29.9 Å². The summed E-state index contributed by atoms with van der Waals surface area (Å²) in [5, 5.41) is 51.2. The first kappa shape index (κ1) is 19.9. The lowest BCUT2D eigenvalue weighted by atomic mass is 9.95. The Labute approximate surface area is 145 Å². The van der Waals surface area contributed by atoms with Gasteiger partial charge in [0.2, 0.25) is 0 Å². The van der Waals surface area contributed by atoms with Gasteiger partial charge in [0.25, 0.3) is 0 Å². The Bertz CT molecular complexity index is 411. The highest BCUT2D eigenvalue weighted by molar-refractivity contribution is 8.00. The standard InChI is InChI=1S/C15H27NO7S/c17-7-9-12(20)13(21)14(22)15(23-9)24-10-4-2-1-3-8(10)16-6-5-11(18)19/h8-10,12-17,20-22H,1-7H2,(H,18,19)/t8?,9?,10?,12-,13?,14?,15-/m0/s1. The number of hydrogen-bond acceptors (Lipinski definition) is 8. The predicted octanol–water partition coefficient (Wildman–Crippen LogP) is -1.10. The number of rotatable bonds is 7. The SMILES string of the molecule is O=C(O)CCNC1CCCCC1S[C@@H]1OC(CO)[C@H](O)C(O)C1O. The van der Waals surface area contributed by atoms with Crippen LogP contribution < -0.4 is 5.32 Å². The third-order valence-corrected chi connectivity index (χ3v) is 6.18. The molecular formula is C15H27NO7S. The molecule has 2 aliphatic rings. The van der Waals surface area contributed by atoms with Crippen molar-refractivity contribution in [2.75, 3.05) is 13.2 Å². The number of aliphatic carboxylic acids is 1. The zero-order valence-corrected chi connectivity index (χ0v) is 14.3. The molecule has 7 atom stereocenters. The van der Waals surface area contributed by atoms with Crippen LogP contribution in [-0.2, 0) is 9.53 Å². The Kier molecular flexibility index (Phi) is 7.73. The molecule has 8 nitrogen and oxygen atoms in total. The topological polar surface area (TPSA) is 139 Å². The van der Waals surface area contributed by atoms with Gasteiger partial charge in [-0.1, -0.05) is 12.8 Å². The molecule has 5 unspecified atom stereocenters. The van der Waals surface area contributed by atoms with E-state index in [2.05, 4.69) is 5.32 Å². The van der Waals surface area contributed by atoms with Crippen LogP contribution in [0.4, 0.5) is 0 Å². The second-order valence-corrected chi connectivity index (χ2v) is 7.70. The molecule has 1 heterocycles. The van der Waals surface area contributed by atoms with Gasteiger partial charge in [-0.15, -0.1) is 11.8 Å². The van der Waals surface area contributed by atoms with E-state index in [1.807, 2.05) is 0 Å². The van der Waals surface area contributed by atoms with E-state index in [-0.39, 0.29) is 17.7 Å². The van der Waals surface area contributed by atoms with Crippen molar-refractivity contribution in [3.8, 4) is 0 Å². The van der Waals surface area contributed by atoms with Gasteiger partial charge < -0.3 is 35.6 Å². The molecule has 9 heteroatoms. The van der Waals surface area contributed by atoms with E-state index in [9.17, 15) is 25.2 Å². The lowest BCUT2D eigenvalue weighted by Gasteiger charge is -2.42. The highest BCUT2D eigenvalue weighted by atomic mass is 32.2. The maximum absolute atomic E-state index is 10.6. The lowest BCUT2D eigenvalue weighted by molar-refractivity contribution is -0.205. The Morgan fingerprint density at radius 3 is 2.50 bits per heavy atom. The smallest absolute Gasteiger partial charge is 0.304 e. The third-order valence-electron chi connectivity index (χ3n) is 4.61. The van der Waals surface area contributed by atoms with Crippen LogP contribution in [-0.4, -0.2) is 85.8 Å². The number of thioether (sulfide) groups is 1. The first-order chi connectivity index (χ1) is 11.4. The minimum Gasteiger partial charge on any atom is -0.481 e. The van der Waals surface area contributed by atoms with Crippen molar-refractivity contribution in [2.24, 2.45) is 0 Å². The van der Waals surface area contributed by atoms with Crippen molar-refractivity contribution in [3.05, 3.63) is 0 Å². The van der Waals surface area contributed by atoms with E-state index in [1.54, 1.807) is 0 Å². The molecule has 0 aromatic carbocycles. The normalized spacial score (nSPS) is 40.4. The van der Waals surface area contributed by atoms with Crippen LogP contribution in [0.5, 0.6) is 0 Å². The quantitative estimate of drug-likeness (QED) is 0.331. The molecule has 1 saturated carbocycles. The van der Waals surface area contributed by atoms with E-state index < -0.39 is 42.4 Å². The number of carbonyl (C=O) groups is 1. The van der Waals surface area contributed by atoms with Gasteiger partial charge in [0.15, 0.2) is 0 Å². The zero-order valence-electron chi connectivity index (χ0n) is 13.5. The molecule has 140 valence electrons. The van der Waals surface area contributed by atoms with Crippen molar-refractivity contribution >= 4 is 17.7 Å². The summed E-state index contributed by atoms with van der Waals surface area (Å²) in [7, 11) is 0. The summed E-state index contributed by atoms with van der Waals surface area (Å²) in [6.07, 6.45) is -0.916. The molecule has 0 bridgehead atoms. The molecule has 1 saturated heterocycles. The summed E-state index contributed by atoms with van der Waals surface area (Å²) in [4.78, 5) is 10.6. The molecule has 6 N–H and O–H groups in total. The van der Waals surface area contributed by atoms with E-state index in [4.69, 9.17) is 9.84 Å². The molecule has 0 aromatic rings. The number of aliphatic hydroxyl groups is 4. The number of ether oxygens (including phenoxy) is 1. The minimum atomic E-state index is -1.37. The predicted molar refractivity (Wildman–Crippen MR) is 87.7 cm³/mol. The third kappa shape index (κ3) is 5.04. The van der Waals surface area contributed by atoms with E-state index in [0.29, 0.717) is 6.54 Å². The van der Waals surface area contributed by atoms with Crippen LogP contribution >= 0.6 is 11.8 Å². The first-order valence-corrected chi connectivity index (χ1v) is 9.29. The number of carboxylic acids is 1. The molecule has 0 radical (unpaired) electrons. The molecule has 0 spiro atoms. The van der Waals surface area contributed by atoms with Gasteiger partial charge in [-0.2, -0.15) is 0 Å². The summed E-state index contributed by atoms with van der Waals surface area (Å²) in [5.41, 5.74) is -0.743. The highest BCUT2D eigenvalue weighted by Gasteiger charge is 2.45. The number of carboxylic acid groups (broad SMARTS) is 1. The largest absolute Gasteiger partial charge is 0.481 e. The molecule has 0 amide bonds. The van der Waals surface area contributed by atoms with Gasteiger partial charge in [-0.3, -0.25) is 4.79 Å². The van der Waals surface area contributed by atoms with Gasteiger partial charge in [0.05, 0.1) is 13.0 Å². The summed E-state index contributed by atoms with van der Waals surface area (Å²) in [6, 6.07) is 0.107. The van der Waals surface area contributed by atoms with Crippen molar-refractivity contribution in [1.29, 1.82) is 0 Å². The summed E-state index contributed by atoms with van der Waals surface area (Å²) in [6.45, 7) is -0.0568. The fourth-order valence-electron chi connectivity index (χ4n) is 3.21. The molecule has 2 fully saturated rings. The Morgan fingerprint density at radius 1 is 1.12 bits per heavy atom. The highest BCUT2D eigenvalue weighted by Crippen LogP contribution is 2.36. The van der Waals surface area contributed by atoms with Crippen LogP contribution in [0.2, 0.25) is 0 Å².